The summed E-state index contributed by atoms with van der Waals surface area (Å²) < 4.78 is 10.5. The molecule has 1 unspecified atom stereocenters. The number of nitrogens with one attached hydrogen (secondary N) is 3. The predicted octanol–water partition coefficient (Wildman–Crippen LogP) is 0.853. The minimum atomic E-state index is -1.16. The van der Waals surface area contributed by atoms with Gasteiger partial charge in [-0.3, -0.25) is 4.79 Å². The summed E-state index contributed by atoms with van der Waals surface area (Å²) in [4.78, 5) is 34.5. The van der Waals surface area contributed by atoms with E-state index >= 15 is 0 Å². The number of carbonyl (C=O) groups excluding carboxylic acids is 2. The van der Waals surface area contributed by atoms with Crippen molar-refractivity contribution >= 4 is 17.9 Å². The van der Waals surface area contributed by atoms with E-state index in [1.807, 2.05) is 20.8 Å². The molecule has 3 amide bonds. The van der Waals surface area contributed by atoms with Crippen LogP contribution >= 0.6 is 0 Å². The predicted molar refractivity (Wildman–Crippen MR) is 88.8 cm³/mol. The Bertz CT molecular complexity index is 565. The highest BCUT2D eigenvalue weighted by molar-refractivity contribution is 5.87. The SMILES string of the molecule is CC(C)(C)OCCC(NC(=O)CNC(=O)NCc1ccco1)C(=O)O. The number of hydrogen-bond donors (Lipinski definition) is 4. The molecule has 0 bridgehead atoms. The zero-order valence-corrected chi connectivity index (χ0v) is 14.6. The van der Waals surface area contributed by atoms with Gasteiger partial charge < -0.3 is 30.2 Å². The first-order valence-corrected chi connectivity index (χ1v) is 7.87. The molecule has 0 spiro atoms. The number of rotatable bonds is 9. The first-order chi connectivity index (χ1) is 11.7. The summed E-state index contributed by atoms with van der Waals surface area (Å²) >= 11 is 0. The number of furan rings is 1. The van der Waals surface area contributed by atoms with Crippen LogP contribution in [0.3, 0.4) is 0 Å². The van der Waals surface area contributed by atoms with E-state index in [4.69, 9.17) is 14.3 Å². The summed E-state index contributed by atoms with van der Waals surface area (Å²) in [5.74, 6) is -1.19. The van der Waals surface area contributed by atoms with Crippen molar-refractivity contribution < 1.29 is 28.6 Å². The van der Waals surface area contributed by atoms with Gasteiger partial charge in [-0.05, 0) is 32.9 Å². The van der Waals surface area contributed by atoms with Gasteiger partial charge in [-0.25, -0.2) is 9.59 Å². The maximum absolute atomic E-state index is 11.8. The maximum Gasteiger partial charge on any atom is 0.326 e. The average Bonchev–Trinajstić information content (AvgIpc) is 3.02. The molecule has 0 fully saturated rings. The summed E-state index contributed by atoms with van der Waals surface area (Å²) in [7, 11) is 0. The molecule has 1 aromatic heterocycles. The van der Waals surface area contributed by atoms with Crippen LogP contribution in [-0.2, 0) is 20.9 Å². The average molecular weight is 355 g/mol. The number of hydrogen-bond acceptors (Lipinski definition) is 5. The highest BCUT2D eigenvalue weighted by atomic mass is 16.5. The van der Waals surface area contributed by atoms with Crippen molar-refractivity contribution in [3.63, 3.8) is 0 Å². The summed E-state index contributed by atoms with van der Waals surface area (Å²) in [6.45, 7) is 5.60. The van der Waals surface area contributed by atoms with E-state index in [2.05, 4.69) is 16.0 Å². The van der Waals surface area contributed by atoms with E-state index in [0.29, 0.717) is 5.76 Å². The highest BCUT2D eigenvalue weighted by Crippen LogP contribution is 2.08. The first-order valence-electron chi connectivity index (χ1n) is 7.87. The van der Waals surface area contributed by atoms with Gasteiger partial charge in [-0.15, -0.1) is 0 Å². The van der Waals surface area contributed by atoms with E-state index in [-0.39, 0.29) is 31.7 Å². The minimum Gasteiger partial charge on any atom is -0.480 e. The highest BCUT2D eigenvalue weighted by Gasteiger charge is 2.21. The molecule has 1 aromatic rings. The summed E-state index contributed by atoms with van der Waals surface area (Å²) in [5.41, 5.74) is -0.388. The maximum atomic E-state index is 11.8. The van der Waals surface area contributed by atoms with Crippen molar-refractivity contribution in [2.45, 2.75) is 45.4 Å². The molecule has 0 aliphatic rings. The van der Waals surface area contributed by atoms with Crippen LogP contribution in [0.5, 0.6) is 0 Å². The second-order valence-corrected chi connectivity index (χ2v) is 6.32. The number of carboxylic acid groups (broad SMARTS) is 1. The van der Waals surface area contributed by atoms with Crippen molar-refractivity contribution in [3.8, 4) is 0 Å². The number of carboxylic acids is 1. The summed E-state index contributed by atoms with van der Waals surface area (Å²) in [6, 6.07) is 1.75. The van der Waals surface area contributed by atoms with E-state index in [0.717, 1.165) is 0 Å². The minimum absolute atomic E-state index is 0.128. The Balaban J connectivity index is 2.29. The van der Waals surface area contributed by atoms with Crippen molar-refractivity contribution in [1.29, 1.82) is 0 Å². The molecular weight excluding hydrogens is 330 g/mol. The lowest BCUT2D eigenvalue weighted by molar-refractivity contribution is -0.142. The molecule has 0 aliphatic carbocycles. The fraction of sp³-hybridized carbons (Fsp3) is 0.562. The van der Waals surface area contributed by atoms with Crippen molar-refractivity contribution in [2.75, 3.05) is 13.2 Å². The molecule has 1 rings (SSSR count). The van der Waals surface area contributed by atoms with Gasteiger partial charge in [-0.2, -0.15) is 0 Å². The Morgan fingerprint density at radius 3 is 2.56 bits per heavy atom. The number of aliphatic carboxylic acids is 1. The Labute approximate surface area is 146 Å². The number of urea groups is 1. The topological polar surface area (TPSA) is 130 Å². The third-order valence-corrected chi connectivity index (χ3v) is 2.99. The lowest BCUT2D eigenvalue weighted by Crippen LogP contribution is -2.47. The standard InChI is InChI=1S/C16H25N3O6/c1-16(2,3)25-8-6-12(14(21)22)19-13(20)10-18-15(23)17-9-11-5-4-7-24-11/h4-5,7,12H,6,8-10H2,1-3H3,(H,19,20)(H,21,22)(H2,17,18,23). The molecule has 1 atom stereocenters. The molecule has 25 heavy (non-hydrogen) atoms. The fourth-order valence-electron chi connectivity index (χ4n) is 1.79. The van der Waals surface area contributed by atoms with Gasteiger partial charge in [0.25, 0.3) is 0 Å². The molecular formula is C16H25N3O6. The molecule has 0 radical (unpaired) electrons. The Morgan fingerprint density at radius 2 is 2.00 bits per heavy atom. The lowest BCUT2D eigenvalue weighted by Gasteiger charge is -2.21. The molecule has 9 heteroatoms. The number of carbonyl (C=O) groups is 3. The summed E-state index contributed by atoms with van der Waals surface area (Å²) in [6.07, 6.45) is 1.61. The second kappa shape index (κ2) is 9.67. The van der Waals surface area contributed by atoms with Gasteiger partial charge in [0.05, 0.1) is 25.0 Å². The van der Waals surface area contributed by atoms with Crippen molar-refractivity contribution in [1.82, 2.24) is 16.0 Å². The first kappa shape index (κ1) is 20.5. The molecule has 9 nitrogen and oxygen atoms in total. The molecule has 0 aliphatic heterocycles. The second-order valence-electron chi connectivity index (χ2n) is 6.32. The van der Waals surface area contributed by atoms with Crippen molar-refractivity contribution in [3.05, 3.63) is 24.2 Å². The van der Waals surface area contributed by atoms with Crippen LogP contribution in [0.4, 0.5) is 4.79 Å². The molecule has 4 N–H and O–H groups in total. The fourth-order valence-corrected chi connectivity index (χ4v) is 1.79. The zero-order chi connectivity index (χ0) is 18.9. The number of amides is 3. The Morgan fingerprint density at radius 1 is 1.28 bits per heavy atom. The van der Waals surface area contributed by atoms with E-state index in [1.54, 1.807) is 12.1 Å². The molecule has 0 saturated carbocycles. The molecule has 1 heterocycles. The Hall–Kier alpha value is -2.55. The van der Waals surface area contributed by atoms with Gasteiger partial charge in [0.15, 0.2) is 0 Å². The van der Waals surface area contributed by atoms with Crippen LogP contribution in [0.2, 0.25) is 0 Å². The van der Waals surface area contributed by atoms with Gasteiger partial charge >= 0.3 is 12.0 Å². The smallest absolute Gasteiger partial charge is 0.326 e. The van der Waals surface area contributed by atoms with E-state index in [1.165, 1.54) is 6.26 Å². The van der Waals surface area contributed by atoms with Gasteiger partial charge in [0.1, 0.15) is 11.8 Å². The van der Waals surface area contributed by atoms with Gasteiger partial charge in [0, 0.05) is 13.0 Å². The van der Waals surface area contributed by atoms with Crippen LogP contribution < -0.4 is 16.0 Å². The quantitative estimate of drug-likeness (QED) is 0.520. The third-order valence-electron chi connectivity index (χ3n) is 2.99. The van der Waals surface area contributed by atoms with Gasteiger partial charge in [0.2, 0.25) is 5.91 Å². The van der Waals surface area contributed by atoms with Crippen LogP contribution in [0.25, 0.3) is 0 Å². The molecule has 140 valence electrons. The zero-order valence-electron chi connectivity index (χ0n) is 14.6. The van der Waals surface area contributed by atoms with E-state index < -0.39 is 23.9 Å². The van der Waals surface area contributed by atoms with Crippen molar-refractivity contribution in [2.24, 2.45) is 0 Å². The van der Waals surface area contributed by atoms with Crippen LogP contribution in [-0.4, -0.2) is 47.8 Å². The largest absolute Gasteiger partial charge is 0.480 e. The number of ether oxygens (including phenoxy) is 1. The third kappa shape index (κ3) is 9.36. The lowest BCUT2D eigenvalue weighted by atomic mass is 10.2. The molecule has 0 aromatic carbocycles. The Kier molecular flexibility index (Phi) is 7.93. The van der Waals surface area contributed by atoms with Crippen LogP contribution in [0.15, 0.2) is 22.8 Å². The normalized spacial score (nSPS) is 12.3. The van der Waals surface area contributed by atoms with E-state index in [9.17, 15) is 14.4 Å². The monoisotopic (exact) mass is 355 g/mol. The molecule has 0 saturated heterocycles. The summed E-state index contributed by atoms with van der Waals surface area (Å²) in [5, 5.41) is 16.3. The van der Waals surface area contributed by atoms with Crippen LogP contribution in [0.1, 0.15) is 33.0 Å². The van der Waals surface area contributed by atoms with Gasteiger partial charge in [-0.1, -0.05) is 0 Å². The van der Waals surface area contributed by atoms with Crippen LogP contribution in [0, 0.1) is 0 Å².